The lowest BCUT2D eigenvalue weighted by Crippen LogP contribution is -2.38. The predicted octanol–water partition coefficient (Wildman–Crippen LogP) is 2.11. The second-order valence-electron chi connectivity index (χ2n) is 3.82. The van der Waals surface area contributed by atoms with E-state index in [4.69, 9.17) is 17.0 Å². The number of hydrogen-bond acceptors (Lipinski definition) is 3. The number of hydrogen-bond donors (Lipinski definition) is 1. The molecule has 3 nitrogen and oxygen atoms in total. The highest BCUT2D eigenvalue weighted by Gasteiger charge is 2.32. The number of aromatic nitrogens is 1. The van der Waals surface area contributed by atoms with E-state index < -0.39 is 0 Å². The summed E-state index contributed by atoms with van der Waals surface area (Å²) < 4.78 is 6.50. The van der Waals surface area contributed by atoms with Gasteiger partial charge in [-0.25, -0.2) is 0 Å². The number of rotatable bonds is 0. The predicted molar refractivity (Wildman–Crippen MR) is 57.5 cm³/mol. The molecule has 2 aliphatic rings. The van der Waals surface area contributed by atoms with Crippen molar-refractivity contribution in [2.45, 2.75) is 18.9 Å². The van der Waals surface area contributed by atoms with E-state index in [9.17, 15) is 0 Å². The second kappa shape index (κ2) is 2.98. The maximum atomic E-state index is 5.69. The molecule has 1 aromatic heterocycles. The van der Waals surface area contributed by atoms with Crippen LogP contribution in [0.5, 0.6) is 5.75 Å². The Morgan fingerprint density at radius 3 is 3.43 bits per heavy atom. The number of nitrogens with zero attached hydrogens (tertiary/aromatic N) is 1. The van der Waals surface area contributed by atoms with Gasteiger partial charge in [0.05, 0.1) is 10.6 Å². The van der Waals surface area contributed by atoms with Gasteiger partial charge in [0.1, 0.15) is 6.61 Å². The molecule has 0 aromatic carbocycles. The Bertz CT molecular complexity index is 415. The fourth-order valence-corrected chi connectivity index (χ4v) is 2.51. The first-order chi connectivity index (χ1) is 6.86. The molecule has 3 heterocycles. The number of aromatic amines is 1. The molecular formula is C10H12N2OS. The van der Waals surface area contributed by atoms with Crippen molar-refractivity contribution in [2.75, 3.05) is 18.1 Å². The van der Waals surface area contributed by atoms with E-state index in [0.717, 1.165) is 29.2 Å². The van der Waals surface area contributed by atoms with Crippen LogP contribution >= 0.6 is 12.2 Å². The van der Waals surface area contributed by atoms with Crippen LogP contribution in [0.15, 0.2) is 12.3 Å². The molecule has 1 fully saturated rings. The Morgan fingerprint density at radius 2 is 2.50 bits per heavy atom. The van der Waals surface area contributed by atoms with Gasteiger partial charge in [-0.05, 0) is 18.9 Å². The third-order valence-electron chi connectivity index (χ3n) is 2.98. The average Bonchev–Trinajstić information content (AvgIpc) is 2.66. The van der Waals surface area contributed by atoms with Crippen molar-refractivity contribution < 1.29 is 4.74 Å². The molecule has 1 aromatic rings. The summed E-state index contributed by atoms with van der Waals surface area (Å²) in [4.78, 5) is 5.62. The Labute approximate surface area is 87.7 Å². The normalized spacial score (nSPS) is 24.0. The molecule has 0 bridgehead atoms. The SMILES string of the molecule is S=c1cc[nH]c2c1OC[C@@H]1CCCN21. The van der Waals surface area contributed by atoms with Crippen LogP contribution in [0.4, 0.5) is 5.82 Å². The van der Waals surface area contributed by atoms with Gasteiger partial charge in [-0.3, -0.25) is 0 Å². The minimum absolute atomic E-state index is 0.551. The maximum Gasteiger partial charge on any atom is 0.177 e. The molecule has 1 N–H and O–H groups in total. The lowest BCUT2D eigenvalue weighted by Gasteiger charge is -2.32. The van der Waals surface area contributed by atoms with E-state index in [0.29, 0.717) is 6.04 Å². The fraction of sp³-hybridized carbons (Fsp3) is 0.500. The first-order valence-electron chi connectivity index (χ1n) is 4.97. The highest BCUT2D eigenvalue weighted by Crippen LogP contribution is 2.36. The van der Waals surface area contributed by atoms with Crippen molar-refractivity contribution in [3.05, 3.63) is 16.8 Å². The lowest BCUT2D eigenvalue weighted by molar-refractivity contribution is 0.269. The molecule has 14 heavy (non-hydrogen) atoms. The summed E-state index contributed by atoms with van der Waals surface area (Å²) in [5.74, 6) is 1.94. The molecule has 0 aliphatic carbocycles. The van der Waals surface area contributed by atoms with Crippen molar-refractivity contribution in [1.82, 2.24) is 4.98 Å². The molecule has 0 radical (unpaired) electrons. The summed E-state index contributed by atoms with van der Waals surface area (Å²) in [6.45, 7) is 1.91. The van der Waals surface area contributed by atoms with Crippen molar-refractivity contribution in [3.8, 4) is 5.75 Å². The largest absolute Gasteiger partial charge is 0.486 e. The summed E-state index contributed by atoms with van der Waals surface area (Å²) in [5.41, 5.74) is 0. The van der Waals surface area contributed by atoms with E-state index in [1.54, 1.807) is 0 Å². The second-order valence-corrected chi connectivity index (χ2v) is 4.26. The highest BCUT2D eigenvalue weighted by molar-refractivity contribution is 7.71. The molecule has 0 saturated carbocycles. The van der Waals surface area contributed by atoms with E-state index in [-0.39, 0.29) is 0 Å². The number of ether oxygens (including phenoxy) is 1. The Kier molecular flexibility index (Phi) is 1.77. The zero-order valence-electron chi connectivity index (χ0n) is 7.82. The fourth-order valence-electron chi connectivity index (χ4n) is 2.29. The van der Waals surface area contributed by atoms with E-state index >= 15 is 0 Å². The van der Waals surface area contributed by atoms with Crippen LogP contribution < -0.4 is 9.64 Å². The van der Waals surface area contributed by atoms with Gasteiger partial charge in [0.25, 0.3) is 0 Å². The third kappa shape index (κ3) is 1.07. The molecule has 3 rings (SSSR count). The Hall–Kier alpha value is -1.03. The van der Waals surface area contributed by atoms with Crippen LogP contribution in [0.1, 0.15) is 12.8 Å². The monoisotopic (exact) mass is 208 g/mol. The molecule has 1 atom stereocenters. The minimum atomic E-state index is 0.551. The van der Waals surface area contributed by atoms with Crippen LogP contribution in [0.2, 0.25) is 0 Å². The number of fused-ring (bicyclic) bond motifs is 3. The number of anilines is 1. The molecule has 0 spiro atoms. The summed E-state index contributed by atoms with van der Waals surface area (Å²) in [5, 5.41) is 0. The summed E-state index contributed by atoms with van der Waals surface area (Å²) in [7, 11) is 0. The van der Waals surface area contributed by atoms with Crippen LogP contribution in [-0.4, -0.2) is 24.2 Å². The maximum absolute atomic E-state index is 5.69. The van der Waals surface area contributed by atoms with Crippen molar-refractivity contribution in [2.24, 2.45) is 0 Å². The smallest absolute Gasteiger partial charge is 0.177 e. The topological polar surface area (TPSA) is 28.3 Å². The summed E-state index contributed by atoms with van der Waals surface area (Å²) in [6, 6.07) is 2.43. The molecule has 2 aliphatic heterocycles. The zero-order chi connectivity index (χ0) is 9.54. The van der Waals surface area contributed by atoms with Crippen LogP contribution in [0, 0.1) is 4.51 Å². The average molecular weight is 208 g/mol. The molecule has 1 saturated heterocycles. The van der Waals surface area contributed by atoms with E-state index in [1.807, 2.05) is 12.3 Å². The number of H-pyrrole nitrogens is 1. The van der Waals surface area contributed by atoms with Gasteiger partial charge in [0, 0.05) is 12.7 Å². The number of nitrogens with one attached hydrogen (secondary N) is 1. The molecular weight excluding hydrogens is 196 g/mol. The minimum Gasteiger partial charge on any atom is -0.486 e. The quantitative estimate of drug-likeness (QED) is 0.662. The van der Waals surface area contributed by atoms with Gasteiger partial charge >= 0.3 is 0 Å². The Balaban J connectivity index is 2.14. The van der Waals surface area contributed by atoms with Gasteiger partial charge < -0.3 is 14.6 Å². The van der Waals surface area contributed by atoms with Crippen molar-refractivity contribution in [1.29, 1.82) is 0 Å². The summed E-state index contributed by atoms with van der Waals surface area (Å²) >= 11 is 5.23. The molecule has 0 amide bonds. The zero-order valence-corrected chi connectivity index (χ0v) is 8.64. The van der Waals surface area contributed by atoms with E-state index in [2.05, 4.69) is 9.88 Å². The van der Waals surface area contributed by atoms with Crippen LogP contribution in [-0.2, 0) is 0 Å². The van der Waals surface area contributed by atoms with Gasteiger partial charge in [0.15, 0.2) is 11.6 Å². The van der Waals surface area contributed by atoms with Crippen molar-refractivity contribution in [3.63, 3.8) is 0 Å². The highest BCUT2D eigenvalue weighted by atomic mass is 32.1. The van der Waals surface area contributed by atoms with Crippen LogP contribution in [0.25, 0.3) is 0 Å². The van der Waals surface area contributed by atoms with Gasteiger partial charge in [0.2, 0.25) is 0 Å². The first-order valence-corrected chi connectivity index (χ1v) is 5.38. The molecule has 74 valence electrons. The first kappa shape index (κ1) is 8.29. The molecule has 4 heteroatoms. The van der Waals surface area contributed by atoms with Gasteiger partial charge in [-0.1, -0.05) is 12.2 Å². The lowest BCUT2D eigenvalue weighted by atomic mass is 10.2. The van der Waals surface area contributed by atoms with Crippen molar-refractivity contribution >= 4 is 18.0 Å². The Morgan fingerprint density at radius 1 is 1.57 bits per heavy atom. The third-order valence-corrected chi connectivity index (χ3v) is 3.30. The van der Waals surface area contributed by atoms with Gasteiger partial charge in [-0.2, -0.15) is 0 Å². The number of pyridine rings is 1. The van der Waals surface area contributed by atoms with E-state index in [1.165, 1.54) is 12.8 Å². The van der Waals surface area contributed by atoms with Crippen LogP contribution in [0.3, 0.4) is 0 Å². The van der Waals surface area contributed by atoms with Gasteiger partial charge in [-0.15, -0.1) is 0 Å². The summed E-state index contributed by atoms with van der Waals surface area (Å²) in [6.07, 6.45) is 4.38. The standard InChI is InChI=1S/C10H12N2OS/c14-8-3-4-11-10-9(8)13-6-7-2-1-5-12(7)10/h3-4,7H,1-2,5-6H2,(H,11,14)/t7-/m0/s1. The molecule has 0 unspecified atom stereocenters.